The predicted molar refractivity (Wildman–Crippen MR) is 99.1 cm³/mol. The number of hydrogen-bond donors (Lipinski definition) is 0. The van der Waals surface area contributed by atoms with Crippen LogP contribution in [-0.2, 0) is 11.3 Å². The molecule has 134 valence electrons. The van der Waals surface area contributed by atoms with Crippen LogP contribution in [0.15, 0.2) is 35.6 Å². The second kappa shape index (κ2) is 5.77. The Balaban J connectivity index is 1.41. The zero-order chi connectivity index (χ0) is 17.7. The molecule has 2 fully saturated rings. The molecule has 1 aliphatic carbocycles. The summed E-state index contributed by atoms with van der Waals surface area (Å²) in [5, 5.41) is 0. The number of ether oxygens (including phenoxy) is 2. The lowest BCUT2D eigenvalue weighted by molar-refractivity contribution is 0.0783. The maximum Gasteiger partial charge on any atom is 0.132 e. The third-order valence-electron chi connectivity index (χ3n) is 5.46. The van der Waals surface area contributed by atoms with Gasteiger partial charge in [0.05, 0.1) is 24.1 Å². The highest BCUT2D eigenvalue weighted by Crippen LogP contribution is 2.40. The van der Waals surface area contributed by atoms with Gasteiger partial charge in [0, 0.05) is 31.8 Å². The summed E-state index contributed by atoms with van der Waals surface area (Å²) in [6.45, 7) is 4.59. The number of hydrogen-bond acceptors (Lipinski definition) is 6. The van der Waals surface area contributed by atoms with Crippen molar-refractivity contribution < 1.29 is 9.47 Å². The summed E-state index contributed by atoms with van der Waals surface area (Å²) < 4.78 is 11.5. The third-order valence-corrected chi connectivity index (χ3v) is 5.46. The fraction of sp³-hybridized carbons (Fsp3) is 0.450. The molecule has 26 heavy (non-hydrogen) atoms. The van der Waals surface area contributed by atoms with Gasteiger partial charge in [-0.3, -0.25) is 4.99 Å². The van der Waals surface area contributed by atoms with E-state index >= 15 is 0 Å². The molecule has 1 aromatic carbocycles. The number of aliphatic imine (C=N–C) groups is 1. The number of aromatic nitrogens is 2. The van der Waals surface area contributed by atoms with Crippen molar-refractivity contribution in [2.45, 2.75) is 38.0 Å². The van der Waals surface area contributed by atoms with E-state index in [-0.39, 0.29) is 5.60 Å². The minimum Gasteiger partial charge on any atom is -0.488 e. The van der Waals surface area contributed by atoms with Crippen molar-refractivity contribution in [2.24, 2.45) is 4.99 Å². The number of methoxy groups -OCH3 is 1. The summed E-state index contributed by atoms with van der Waals surface area (Å²) in [6, 6.07) is 8.30. The maximum atomic E-state index is 6.13. The van der Waals surface area contributed by atoms with Crippen molar-refractivity contribution >= 4 is 11.5 Å². The van der Waals surface area contributed by atoms with Gasteiger partial charge in [-0.05, 0) is 37.5 Å². The number of fused-ring (bicyclic) bond motifs is 1. The van der Waals surface area contributed by atoms with Gasteiger partial charge >= 0.3 is 0 Å². The highest BCUT2D eigenvalue weighted by molar-refractivity contribution is 6.14. The van der Waals surface area contributed by atoms with Crippen LogP contribution in [-0.4, -0.2) is 47.6 Å². The van der Waals surface area contributed by atoms with E-state index in [0.717, 1.165) is 54.5 Å². The molecule has 2 aliphatic heterocycles. The molecule has 0 atom stereocenters. The van der Waals surface area contributed by atoms with Crippen LogP contribution in [0.3, 0.4) is 0 Å². The average Bonchev–Trinajstić information content (AvgIpc) is 3.17. The fourth-order valence-corrected chi connectivity index (χ4v) is 3.43. The Kier molecular flexibility index (Phi) is 3.50. The molecule has 6 heteroatoms. The van der Waals surface area contributed by atoms with E-state index in [1.165, 1.54) is 5.56 Å². The third kappa shape index (κ3) is 2.74. The molecular weight excluding hydrogens is 328 g/mol. The van der Waals surface area contributed by atoms with E-state index in [1.54, 1.807) is 13.4 Å². The molecule has 3 heterocycles. The van der Waals surface area contributed by atoms with Crippen LogP contribution in [0.2, 0.25) is 0 Å². The number of nitrogens with zero attached hydrogens (tertiary/aromatic N) is 4. The molecule has 0 spiro atoms. The zero-order valence-electron chi connectivity index (χ0n) is 15.1. The Bertz CT molecular complexity index is 885. The molecule has 0 bridgehead atoms. The molecule has 2 aromatic rings. The predicted octanol–water partition coefficient (Wildman–Crippen LogP) is 2.59. The van der Waals surface area contributed by atoms with Crippen molar-refractivity contribution in [3.8, 4) is 5.75 Å². The van der Waals surface area contributed by atoms with Gasteiger partial charge in [-0.15, -0.1) is 0 Å². The molecule has 5 rings (SSSR count). The second-order valence-corrected chi connectivity index (χ2v) is 7.56. The first-order chi connectivity index (χ1) is 12.6. The average molecular weight is 350 g/mol. The van der Waals surface area contributed by atoms with Gasteiger partial charge in [0.2, 0.25) is 0 Å². The van der Waals surface area contributed by atoms with Gasteiger partial charge in [0.15, 0.2) is 0 Å². The molecule has 1 aromatic heterocycles. The summed E-state index contributed by atoms with van der Waals surface area (Å²) in [5.74, 6) is 1.84. The minimum absolute atomic E-state index is 0.0155. The fourth-order valence-electron chi connectivity index (χ4n) is 3.43. The van der Waals surface area contributed by atoms with Crippen LogP contribution < -0.4 is 9.64 Å². The highest BCUT2D eigenvalue weighted by Gasteiger charge is 2.40. The molecule has 0 radical (unpaired) electrons. The normalized spacial score (nSPS) is 20.4. The summed E-state index contributed by atoms with van der Waals surface area (Å²) >= 11 is 0. The monoisotopic (exact) mass is 350 g/mol. The lowest BCUT2D eigenvalue weighted by Gasteiger charge is -2.38. The van der Waals surface area contributed by atoms with Crippen LogP contribution in [0.1, 0.15) is 36.6 Å². The van der Waals surface area contributed by atoms with Crippen molar-refractivity contribution in [3.05, 3.63) is 47.4 Å². The first-order valence-corrected chi connectivity index (χ1v) is 9.10. The van der Waals surface area contributed by atoms with Crippen LogP contribution >= 0.6 is 0 Å². The zero-order valence-corrected chi connectivity index (χ0v) is 15.1. The van der Waals surface area contributed by atoms with Gasteiger partial charge in [-0.25, -0.2) is 9.97 Å². The lowest BCUT2D eigenvalue weighted by atomic mass is 10.0. The van der Waals surface area contributed by atoms with Gasteiger partial charge in [-0.1, -0.05) is 6.07 Å². The van der Waals surface area contributed by atoms with Gasteiger partial charge in [0.1, 0.15) is 23.5 Å². The Labute approximate surface area is 152 Å². The Morgan fingerprint density at radius 3 is 2.77 bits per heavy atom. The first-order valence-electron chi connectivity index (χ1n) is 9.10. The molecule has 0 amide bonds. The van der Waals surface area contributed by atoms with Gasteiger partial charge in [0.25, 0.3) is 0 Å². The van der Waals surface area contributed by atoms with Gasteiger partial charge < -0.3 is 14.4 Å². The molecule has 3 aliphatic rings. The van der Waals surface area contributed by atoms with Crippen molar-refractivity contribution in [3.63, 3.8) is 0 Å². The van der Waals surface area contributed by atoms with Crippen LogP contribution in [0, 0.1) is 0 Å². The standard InChI is InChI=1S/C20H22N4O2/c1-20(5-6-20)26-14-4-3-13-9-21-19(16(13)7-14)17-8-18(23-12-22-17)24-10-15(11-24)25-2/h3-4,7-8,12,15H,5-6,9-11H2,1-2H3. The van der Waals surface area contributed by atoms with E-state index in [1.807, 2.05) is 6.07 Å². The second-order valence-electron chi connectivity index (χ2n) is 7.56. The number of anilines is 1. The molecule has 1 saturated heterocycles. The molecule has 1 saturated carbocycles. The van der Waals surface area contributed by atoms with E-state index in [0.29, 0.717) is 12.6 Å². The Morgan fingerprint density at radius 2 is 2.00 bits per heavy atom. The summed E-state index contributed by atoms with van der Waals surface area (Å²) in [5.41, 5.74) is 4.15. The largest absolute Gasteiger partial charge is 0.488 e. The van der Waals surface area contributed by atoms with E-state index in [4.69, 9.17) is 14.5 Å². The van der Waals surface area contributed by atoms with E-state index < -0.39 is 0 Å². The molecule has 0 unspecified atom stereocenters. The first kappa shape index (κ1) is 15.8. The van der Waals surface area contributed by atoms with E-state index in [9.17, 15) is 0 Å². The van der Waals surface area contributed by atoms with Crippen LogP contribution in [0.5, 0.6) is 5.75 Å². The maximum absolute atomic E-state index is 6.13. The number of rotatable bonds is 5. The minimum atomic E-state index is 0.0155. The SMILES string of the molecule is COC1CN(c2cc(C3=NCc4ccc(OC5(C)CC5)cc43)ncn2)C1. The summed E-state index contributed by atoms with van der Waals surface area (Å²) in [7, 11) is 1.75. The van der Waals surface area contributed by atoms with Crippen molar-refractivity contribution in [2.75, 3.05) is 25.1 Å². The van der Waals surface area contributed by atoms with E-state index in [2.05, 4.69) is 40.0 Å². The topological polar surface area (TPSA) is 59.8 Å². The highest BCUT2D eigenvalue weighted by atomic mass is 16.5. The van der Waals surface area contributed by atoms with Crippen molar-refractivity contribution in [1.82, 2.24) is 9.97 Å². The smallest absolute Gasteiger partial charge is 0.132 e. The van der Waals surface area contributed by atoms with Crippen molar-refractivity contribution in [1.29, 1.82) is 0 Å². The van der Waals surface area contributed by atoms with Crippen LogP contribution in [0.25, 0.3) is 0 Å². The Morgan fingerprint density at radius 1 is 1.15 bits per heavy atom. The Hall–Kier alpha value is -2.47. The summed E-state index contributed by atoms with van der Waals surface area (Å²) in [4.78, 5) is 15.8. The van der Waals surface area contributed by atoms with Gasteiger partial charge in [-0.2, -0.15) is 0 Å². The molecule has 0 N–H and O–H groups in total. The lowest BCUT2D eigenvalue weighted by Crippen LogP contribution is -2.52. The quantitative estimate of drug-likeness (QED) is 0.829. The van der Waals surface area contributed by atoms with Crippen LogP contribution in [0.4, 0.5) is 5.82 Å². The number of benzene rings is 1. The summed E-state index contributed by atoms with van der Waals surface area (Å²) in [6.07, 6.45) is 4.16. The molecular formula is C20H22N4O2. The molecule has 6 nitrogen and oxygen atoms in total.